The summed E-state index contributed by atoms with van der Waals surface area (Å²) in [6.07, 6.45) is 9.58. The van der Waals surface area contributed by atoms with Crippen LogP contribution >= 0.6 is 0 Å². The van der Waals surface area contributed by atoms with E-state index in [1.807, 2.05) is 17.9 Å². The molecule has 25 heavy (non-hydrogen) atoms. The van der Waals surface area contributed by atoms with Crippen LogP contribution in [0.1, 0.15) is 55.7 Å². The highest BCUT2D eigenvalue weighted by Crippen LogP contribution is 2.42. The number of nitrogens with two attached hydrogens (primary N) is 3. The van der Waals surface area contributed by atoms with E-state index in [0.29, 0.717) is 17.8 Å². The van der Waals surface area contributed by atoms with Crippen LogP contribution in [0, 0.1) is 5.92 Å². The van der Waals surface area contributed by atoms with Crippen molar-refractivity contribution in [1.82, 2.24) is 19.7 Å². The molecule has 2 aromatic heterocycles. The zero-order chi connectivity index (χ0) is 17.6. The van der Waals surface area contributed by atoms with Gasteiger partial charge in [-0.3, -0.25) is 4.68 Å². The predicted octanol–water partition coefficient (Wildman–Crippen LogP) is 1.98. The highest BCUT2D eigenvalue weighted by Gasteiger charge is 2.30. The molecule has 2 fully saturated rings. The van der Waals surface area contributed by atoms with Gasteiger partial charge in [0.05, 0.1) is 11.9 Å². The minimum atomic E-state index is 0.227. The lowest BCUT2D eigenvalue weighted by atomic mass is 9.80. The van der Waals surface area contributed by atoms with Gasteiger partial charge in [0.1, 0.15) is 5.82 Å². The van der Waals surface area contributed by atoms with Crippen molar-refractivity contribution in [3.8, 4) is 11.3 Å². The Morgan fingerprint density at radius 3 is 2.48 bits per heavy atom. The Bertz CT molecular complexity index is 770. The monoisotopic (exact) mass is 341 g/mol. The third-order valence-corrected chi connectivity index (χ3v) is 5.67. The molecule has 0 amide bonds. The van der Waals surface area contributed by atoms with Crippen LogP contribution in [0.5, 0.6) is 0 Å². The molecule has 7 heteroatoms. The number of aromatic nitrogens is 4. The first-order valence-corrected chi connectivity index (χ1v) is 9.22. The van der Waals surface area contributed by atoms with Crippen molar-refractivity contribution in [1.29, 1.82) is 0 Å². The van der Waals surface area contributed by atoms with Gasteiger partial charge in [-0.05, 0) is 56.8 Å². The normalized spacial score (nSPS) is 23.8. The summed E-state index contributed by atoms with van der Waals surface area (Å²) in [7, 11) is 1.99. The molecule has 0 saturated heterocycles. The van der Waals surface area contributed by atoms with Gasteiger partial charge in [0.2, 0.25) is 5.95 Å². The van der Waals surface area contributed by atoms with Crippen LogP contribution in [-0.2, 0) is 13.5 Å². The summed E-state index contributed by atoms with van der Waals surface area (Å²) in [6, 6.07) is 0.291. The van der Waals surface area contributed by atoms with Gasteiger partial charge in [-0.2, -0.15) is 10.1 Å². The summed E-state index contributed by atoms with van der Waals surface area (Å²) in [5, 5.41) is 4.49. The van der Waals surface area contributed by atoms with Crippen LogP contribution in [-0.4, -0.2) is 25.8 Å². The lowest BCUT2D eigenvalue weighted by Gasteiger charge is -2.28. The zero-order valence-electron chi connectivity index (χ0n) is 14.8. The lowest BCUT2D eigenvalue weighted by Crippen LogP contribution is -2.26. The third kappa shape index (κ3) is 3.20. The average Bonchev–Trinajstić information content (AvgIpc) is 3.31. The standard InChI is InChI=1S/C18H27N7/c1-25-14(8-10-2-3-10)13(9-22-25)16-15(17(20)24-18(21)23-16)11-4-6-12(19)7-5-11/h9-12H,2-8,19H2,1H3,(H4,20,21,23,24). The van der Waals surface area contributed by atoms with E-state index >= 15 is 0 Å². The van der Waals surface area contributed by atoms with E-state index in [-0.39, 0.29) is 5.95 Å². The van der Waals surface area contributed by atoms with E-state index in [1.54, 1.807) is 0 Å². The van der Waals surface area contributed by atoms with Crippen molar-refractivity contribution >= 4 is 11.8 Å². The highest BCUT2D eigenvalue weighted by molar-refractivity contribution is 5.71. The van der Waals surface area contributed by atoms with E-state index in [0.717, 1.165) is 54.8 Å². The maximum Gasteiger partial charge on any atom is 0.222 e. The van der Waals surface area contributed by atoms with E-state index in [9.17, 15) is 0 Å². The van der Waals surface area contributed by atoms with Crippen molar-refractivity contribution in [3.63, 3.8) is 0 Å². The molecule has 0 aliphatic heterocycles. The first kappa shape index (κ1) is 16.3. The SMILES string of the molecule is Cn1ncc(-c2nc(N)nc(N)c2C2CCC(N)CC2)c1CC1CC1. The van der Waals surface area contributed by atoms with Crippen molar-refractivity contribution in [2.45, 2.75) is 56.9 Å². The van der Waals surface area contributed by atoms with Crippen molar-refractivity contribution in [2.75, 3.05) is 11.5 Å². The molecule has 2 aliphatic rings. The molecule has 4 rings (SSSR count). The van der Waals surface area contributed by atoms with Crippen LogP contribution in [0.15, 0.2) is 6.20 Å². The molecule has 2 saturated carbocycles. The number of hydrogen-bond donors (Lipinski definition) is 3. The van der Waals surface area contributed by atoms with Crippen LogP contribution in [0.25, 0.3) is 11.3 Å². The molecule has 2 heterocycles. The van der Waals surface area contributed by atoms with E-state index in [2.05, 4.69) is 15.1 Å². The van der Waals surface area contributed by atoms with Gasteiger partial charge >= 0.3 is 0 Å². The maximum atomic E-state index is 6.31. The Morgan fingerprint density at radius 2 is 1.80 bits per heavy atom. The second-order valence-electron chi connectivity index (χ2n) is 7.62. The van der Waals surface area contributed by atoms with Crippen molar-refractivity contribution < 1.29 is 0 Å². The van der Waals surface area contributed by atoms with Crippen molar-refractivity contribution in [2.24, 2.45) is 18.7 Å². The van der Waals surface area contributed by atoms with Crippen molar-refractivity contribution in [3.05, 3.63) is 17.5 Å². The molecule has 0 radical (unpaired) electrons. The molecule has 0 bridgehead atoms. The fourth-order valence-electron chi connectivity index (χ4n) is 4.02. The van der Waals surface area contributed by atoms with E-state index in [4.69, 9.17) is 17.2 Å². The number of aryl methyl sites for hydroxylation is 1. The molecular weight excluding hydrogens is 314 g/mol. The summed E-state index contributed by atoms with van der Waals surface area (Å²) in [6.45, 7) is 0. The summed E-state index contributed by atoms with van der Waals surface area (Å²) >= 11 is 0. The Morgan fingerprint density at radius 1 is 1.08 bits per heavy atom. The minimum absolute atomic E-state index is 0.227. The molecule has 2 aromatic rings. The minimum Gasteiger partial charge on any atom is -0.383 e. The molecule has 0 unspecified atom stereocenters. The fraction of sp³-hybridized carbons (Fsp3) is 0.611. The topological polar surface area (TPSA) is 122 Å². The van der Waals surface area contributed by atoms with Crippen LogP contribution in [0.2, 0.25) is 0 Å². The lowest BCUT2D eigenvalue weighted by molar-refractivity contribution is 0.396. The molecule has 7 nitrogen and oxygen atoms in total. The van der Waals surface area contributed by atoms with Gasteiger partial charge < -0.3 is 17.2 Å². The second-order valence-corrected chi connectivity index (χ2v) is 7.62. The third-order valence-electron chi connectivity index (χ3n) is 5.67. The predicted molar refractivity (Wildman–Crippen MR) is 98.7 cm³/mol. The average molecular weight is 341 g/mol. The Hall–Kier alpha value is -2.15. The molecule has 0 atom stereocenters. The molecule has 2 aliphatic carbocycles. The van der Waals surface area contributed by atoms with E-state index in [1.165, 1.54) is 18.5 Å². The first-order chi connectivity index (χ1) is 12.0. The van der Waals surface area contributed by atoms with Gasteiger partial charge in [0.15, 0.2) is 0 Å². The maximum absolute atomic E-state index is 6.31. The zero-order valence-corrected chi connectivity index (χ0v) is 14.8. The summed E-state index contributed by atoms with van der Waals surface area (Å²) in [4.78, 5) is 8.85. The number of hydrogen-bond acceptors (Lipinski definition) is 6. The molecular formula is C18H27N7. The molecule has 0 spiro atoms. The van der Waals surface area contributed by atoms with Gasteiger partial charge in [0.25, 0.3) is 0 Å². The number of nitrogen functional groups attached to an aromatic ring is 2. The second kappa shape index (κ2) is 6.29. The Balaban J connectivity index is 1.79. The fourth-order valence-corrected chi connectivity index (χ4v) is 4.02. The van der Waals surface area contributed by atoms with Gasteiger partial charge in [-0.25, -0.2) is 4.98 Å². The van der Waals surface area contributed by atoms with Crippen LogP contribution in [0.4, 0.5) is 11.8 Å². The molecule has 0 aromatic carbocycles. The van der Waals surface area contributed by atoms with Gasteiger partial charge in [0, 0.05) is 29.9 Å². The summed E-state index contributed by atoms with van der Waals surface area (Å²) in [5.74, 6) is 1.83. The Labute approximate surface area is 148 Å². The summed E-state index contributed by atoms with van der Waals surface area (Å²) < 4.78 is 1.96. The largest absolute Gasteiger partial charge is 0.383 e. The smallest absolute Gasteiger partial charge is 0.222 e. The van der Waals surface area contributed by atoms with Crippen LogP contribution in [0.3, 0.4) is 0 Å². The quantitative estimate of drug-likeness (QED) is 0.781. The Kier molecular flexibility index (Phi) is 4.11. The molecule has 6 N–H and O–H groups in total. The van der Waals surface area contributed by atoms with E-state index < -0.39 is 0 Å². The van der Waals surface area contributed by atoms with Gasteiger partial charge in [-0.1, -0.05) is 0 Å². The number of nitrogens with zero attached hydrogens (tertiary/aromatic N) is 4. The highest BCUT2D eigenvalue weighted by atomic mass is 15.3. The first-order valence-electron chi connectivity index (χ1n) is 9.22. The number of rotatable bonds is 4. The van der Waals surface area contributed by atoms with Crippen LogP contribution < -0.4 is 17.2 Å². The van der Waals surface area contributed by atoms with Gasteiger partial charge in [-0.15, -0.1) is 0 Å². The summed E-state index contributed by atoms with van der Waals surface area (Å²) in [5.41, 5.74) is 22.5. The number of anilines is 2. The molecule has 134 valence electrons.